The van der Waals surface area contributed by atoms with Crippen molar-refractivity contribution in [2.45, 2.75) is 31.8 Å². The Morgan fingerprint density at radius 3 is 2.94 bits per heavy atom. The fraction of sp³-hybridized carbons (Fsp3) is 0.571. The minimum Gasteiger partial charge on any atom is -0.494 e. The van der Waals surface area contributed by atoms with Crippen LogP contribution in [0.2, 0.25) is 0 Å². The lowest BCUT2D eigenvalue weighted by molar-refractivity contribution is 0.360. The zero-order chi connectivity index (χ0) is 13.0. The molecule has 18 heavy (non-hydrogen) atoms. The molecule has 1 saturated heterocycles. The van der Waals surface area contributed by atoms with Crippen molar-refractivity contribution < 1.29 is 9.13 Å². The van der Waals surface area contributed by atoms with Gasteiger partial charge in [0.1, 0.15) is 0 Å². The molecule has 0 spiro atoms. The van der Waals surface area contributed by atoms with E-state index in [1.165, 1.54) is 20.0 Å². The van der Waals surface area contributed by atoms with E-state index in [9.17, 15) is 4.39 Å². The summed E-state index contributed by atoms with van der Waals surface area (Å²) in [5.41, 5.74) is 0.957. The van der Waals surface area contributed by atoms with Gasteiger partial charge in [-0.2, -0.15) is 0 Å². The Morgan fingerprint density at radius 1 is 1.50 bits per heavy atom. The lowest BCUT2D eigenvalue weighted by Crippen LogP contribution is -2.43. The molecule has 2 rings (SSSR count). The van der Waals surface area contributed by atoms with Crippen molar-refractivity contribution in [3.63, 3.8) is 0 Å². The summed E-state index contributed by atoms with van der Waals surface area (Å²) in [5.74, 6) is -0.00398. The Kier molecular flexibility index (Phi) is 4.55. The minimum absolute atomic E-state index is 0.148. The molecule has 100 valence electrons. The molecular formula is C14H21FN2O. The number of ether oxygens (including phenoxy) is 1. The Morgan fingerprint density at radius 2 is 2.33 bits per heavy atom. The number of piperidine rings is 1. The average molecular weight is 252 g/mol. The normalized spacial score (nSPS) is 21.6. The molecule has 4 heteroatoms. The second-order valence-electron chi connectivity index (χ2n) is 4.83. The van der Waals surface area contributed by atoms with Crippen molar-refractivity contribution >= 4 is 0 Å². The number of nitrogens with one attached hydrogen (secondary N) is 2. The summed E-state index contributed by atoms with van der Waals surface area (Å²) < 4.78 is 18.5. The maximum atomic E-state index is 13.6. The largest absolute Gasteiger partial charge is 0.494 e. The summed E-state index contributed by atoms with van der Waals surface area (Å²) in [4.78, 5) is 0. The predicted molar refractivity (Wildman–Crippen MR) is 70.4 cm³/mol. The van der Waals surface area contributed by atoms with Crippen molar-refractivity contribution in [2.75, 3.05) is 20.2 Å². The van der Waals surface area contributed by atoms with Crippen molar-refractivity contribution in [2.24, 2.45) is 0 Å². The third kappa shape index (κ3) is 3.21. The maximum absolute atomic E-state index is 13.6. The highest BCUT2D eigenvalue weighted by Crippen LogP contribution is 2.22. The van der Waals surface area contributed by atoms with Gasteiger partial charge in [-0.25, -0.2) is 4.39 Å². The van der Waals surface area contributed by atoms with E-state index in [0.717, 1.165) is 18.7 Å². The Bertz CT molecular complexity index is 391. The van der Waals surface area contributed by atoms with Gasteiger partial charge in [-0.15, -0.1) is 0 Å². The smallest absolute Gasteiger partial charge is 0.165 e. The topological polar surface area (TPSA) is 33.3 Å². The maximum Gasteiger partial charge on any atom is 0.165 e. The van der Waals surface area contributed by atoms with E-state index < -0.39 is 0 Å². The molecule has 1 aromatic rings. The Labute approximate surface area is 108 Å². The van der Waals surface area contributed by atoms with Crippen molar-refractivity contribution in [3.05, 3.63) is 29.6 Å². The third-order valence-electron chi connectivity index (χ3n) is 3.46. The molecule has 1 heterocycles. The van der Waals surface area contributed by atoms with E-state index in [1.54, 1.807) is 12.1 Å². The van der Waals surface area contributed by atoms with E-state index >= 15 is 0 Å². The summed E-state index contributed by atoms with van der Waals surface area (Å²) in [6.45, 7) is 4.16. The number of hydrogen-bond donors (Lipinski definition) is 2. The molecule has 2 atom stereocenters. The van der Waals surface area contributed by atoms with Crippen LogP contribution in [0.25, 0.3) is 0 Å². The molecule has 0 bridgehead atoms. The number of halogens is 1. The fourth-order valence-corrected chi connectivity index (χ4v) is 2.40. The second kappa shape index (κ2) is 6.16. The average Bonchev–Trinajstić information content (AvgIpc) is 2.39. The van der Waals surface area contributed by atoms with Crippen LogP contribution in [0.1, 0.15) is 31.4 Å². The first-order valence-corrected chi connectivity index (χ1v) is 6.51. The van der Waals surface area contributed by atoms with Gasteiger partial charge in [0, 0.05) is 18.6 Å². The van der Waals surface area contributed by atoms with Gasteiger partial charge >= 0.3 is 0 Å². The summed E-state index contributed by atoms with van der Waals surface area (Å²) >= 11 is 0. The van der Waals surface area contributed by atoms with Gasteiger partial charge in [0.2, 0.25) is 0 Å². The fourth-order valence-electron chi connectivity index (χ4n) is 2.40. The molecule has 1 aliphatic heterocycles. The van der Waals surface area contributed by atoms with E-state index in [-0.39, 0.29) is 11.9 Å². The Balaban J connectivity index is 1.99. The number of benzene rings is 1. The van der Waals surface area contributed by atoms with Crippen LogP contribution in [0.5, 0.6) is 5.75 Å². The highest BCUT2D eigenvalue weighted by molar-refractivity contribution is 5.30. The minimum atomic E-state index is -0.301. The van der Waals surface area contributed by atoms with Crippen LogP contribution in [0, 0.1) is 5.82 Å². The zero-order valence-electron chi connectivity index (χ0n) is 11.0. The SMILES string of the molecule is COc1ccc(C(C)NC2CCCNC2)cc1F. The quantitative estimate of drug-likeness (QED) is 0.862. The van der Waals surface area contributed by atoms with E-state index in [2.05, 4.69) is 17.6 Å². The van der Waals surface area contributed by atoms with E-state index in [0.29, 0.717) is 11.8 Å². The molecule has 2 unspecified atom stereocenters. The molecular weight excluding hydrogens is 231 g/mol. The number of hydrogen-bond acceptors (Lipinski definition) is 3. The second-order valence-corrected chi connectivity index (χ2v) is 4.83. The molecule has 0 amide bonds. The van der Waals surface area contributed by atoms with Crippen molar-refractivity contribution in [1.82, 2.24) is 10.6 Å². The van der Waals surface area contributed by atoms with Gasteiger partial charge in [-0.1, -0.05) is 6.07 Å². The standard InChI is InChI=1S/C14H21FN2O/c1-10(17-12-4-3-7-16-9-12)11-5-6-14(18-2)13(15)8-11/h5-6,8,10,12,16-17H,3-4,7,9H2,1-2H3. The van der Waals surface area contributed by atoms with Crippen LogP contribution in [0.4, 0.5) is 4.39 Å². The zero-order valence-corrected chi connectivity index (χ0v) is 11.0. The van der Waals surface area contributed by atoms with Crippen LogP contribution in [0.3, 0.4) is 0 Å². The highest BCUT2D eigenvalue weighted by Gasteiger charge is 2.16. The molecule has 2 N–H and O–H groups in total. The van der Waals surface area contributed by atoms with Crippen LogP contribution in [0.15, 0.2) is 18.2 Å². The summed E-state index contributed by atoms with van der Waals surface area (Å²) in [5, 5.41) is 6.89. The molecule has 3 nitrogen and oxygen atoms in total. The summed E-state index contributed by atoms with van der Waals surface area (Å²) in [6, 6.07) is 5.76. The summed E-state index contributed by atoms with van der Waals surface area (Å²) in [6.07, 6.45) is 2.37. The van der Waals surface area contributed by atoms with Crippen LogP contribution < -0.4 is 15.4 Å². The lowest BCUT2D eigenvalue weighted by Gasteiger charge is -2.27. The van der Waals surface area contributed by atoms with Gasteiger partial charge in [0.05, 0.1) is 7.11 Å². The van der Waals surface area contributed by atoms with E-state index in [4.69, 9.17) is 4.74 Å². The molecule has 0 saturated carbocycles. The number of rotatable bonds is 4. The summed E-state index contributed by atoms with van der Waals surface area (Å²) in [7, 11) is 1.48. The molecule has 0 aliphatic carbocycles. The van der Waals surface area contributed by atoms with Crippen molar-refractivity contribution in [1.29, 1.82) is 0 Å². The van der Waals surface area contributed by atoms with Gasteiger partial charge < -0.3 is 15.4 Å². The monoisotopic (exact) mass is 252 g/mol. The first kappa shape index (κ1) is 13.3. The van der Waals surface area contributed by atoms with Gasteiger partial charge in [0.25, 0.3) is 0 Å². The van der Waals surface area contributed by atoms with Crippen molar-refractivity contribution in [3.8, 4) is 5.75 Å². The first-order valence-electron chi connectivity index (χ1n) is 6.51. The molecule has 1 fully saturated rings. The Hall–Kier alpha value is -1.13. The van der Waals surface area contributed by atoms with Gasteiger partial charge in [0.15, 0.2) is 11.6 Å². The molecule has 1 aromatic carbocycles. The van der Waals surface area contributed by atoms with Crippen LogP contribution >= 0.6 is 0 Å². The lowest BCUT2D eigenvalue weighted by atomic mass is 10.0. The first-order chi connectivity index (χ1) is 8.70. The predicted octanol–water partition coefficient (Wildman–Crippen LogP) is 2.24. The highest BCUT2D eigenvalue weighted by atomic mass is 19.1. The van der Waals surface area contributed by atoms with E-state index in [1.807, 2.05) is 6.07 Å². The van der Waals surface area contributed by atoms with Crippen LogP contribution in [-0.2, 0) is 0 Å². The third-order valence-corrected chi connectivity index (χ3v) is 3.46. The van der Waals surface area contributed by atoms with Gasteiger partial charge in [-0.3, -0.25) is 0 Å². The molecule has 1 aliphatic rings. The molecule has 0 radical (unpaired) electrons. The van der Waals surface area contributed by atoms with Crippen LogP contribution in [-0.4, -0.2) is 26.2 Å². The molecule has 0 aromatic heterocycles. The van der Waals surface area contributed by atoms with Gasteiger partial charge in [-0.05, 0) is 44.0 Å². The number of methoxy groups -OCH3 is 1.